The summed E-state index contributed by atoms with van der Waals surface area (Å²) in [5.74, 6) is -0.430. The Labute approximate surface area is 144 Å². The molecule has 0 atom stereocenters. The lowest BCUT2D eigenvalue weighted by Gasteiger charge is -2.05. The largest absolute Gasteiger partial charge is 0.489 e. The highest BCUT2D eigenvalue weighted by atomic mass is 19.1. The second-order valence-corrected chi connectivity index (χ2v) is 5.63. The molecule has 0 N–H and O–H groups in total. The first-order valence-corrected chi connectivity index (χ1v) is 7.67. The van der Waals surface area contributed by atoms with Gasteiger partial charge in [0, 0.05) is 0 Å². The molecule has 2 aromatic rings. The number of benzene rings is 2. The Morgan fingerprint density at radius 1 is 1.24 bits per heavy atom. The third-order valence-corrected chi connectivity index (χ3v) is 3.39. The normalized spacial score (nSPS) is 15.0. The van der Waals surface area contributed by atoms with E-state index < -0.39 is 11.8 Å². The number of halogens is 1. The van der Waals surface area contributed by atoms with Crippen molar-refractivity contribution < 1.29 is 18.7 Å². The van der Waals surface area contributed by atoms with Crippen molar-refractivity contribution in [3.63, 3.8) is 0 Å². The van der Waals surface area contributed by atoms with Crippen LogP contribution in [0.1, 0.15) is 18.1 Å². The van der Waals surface area contributed by atoms with Crippen molar-refractivity contribution in [2.45, 2.75) is 6.92 Å². The molecule has 2 aromatic carbocycles. The predicted octanol–water partition coefficient (Wildman–Crippen LogP) is 4.13. The lowest BCUT2D eigenvalue weighted by atomic mass is 10.2. The Balaban J connectivity index is 1.80. The van der Waals surface area contributed by atoms with Gasteiger partial charge in [-0.1, -0.05) is 30.8 Å². The Morgan fingerprint density at radius 2 is 1.96 bits per heavy atom. The Bertz CT molecular complexity index is 882. The number of hydrogen-bond donors (Lipinski definition) is 0. The average Bonchev–Trinajstić information content (AvgIpc) is 2.95. The van der Waals surface area contributed by atoms with Gasteiger partial charge in [0.25, 0.3) is 0 Å². The molecule has 1 heterocycles. The molecule has 5 heteroatoms. The van der Waals surface area contributed by atoms with Crippen molar-refractivity contribution in [2.75, 3.05) is 6.61 Å². The van der Waals surface area contributed by atoms with Crippen LogP contribution in [0.4, 0.5) is 4.39 Å². The number of carbonyl (C=O) groups excluding carboxylic acids is 1. The van der Waals surface area contributed by atoms with Gasteiger partial charge in [-0.05, 0) is 48.4 Å². The molecule has 0 saturated carbocycles. The fourth-order valence-corrected chi connectivity index (χ4v) is 2.18. The van der Waals surface area contributed by atoms with E-state index in [1.54, 1.807) is 42.5 Å². The molecular formula is C20H16FNO3. The maximum Gasteiger partial charge on any atom is 0.363 e. The third-order valence-electron chi connectivity index (χ3n) is 3.39. The predicted molar refractivity (Wildman–Crippen MR) is 93.8 cm³/mol. The van der Waals surface area contributed by atoms with Crippen LogP contribution in [-0.2, 0) is 9.53 Å². The molecule has 0 amide bonds. The topological polar surface area (TPSA) is 47.9 Å². The van der Waals surface area contributed by atoms with Crippen molar-refractivity contribution in [2.24, 2.45) is 4.99 Å². The quantitative estimate of drug-likeness (QED) is 0.468. The van der Waals surface area contributed by atoms with E-state index in [0.29, 0.717) is 12.4 Å². The SMILES string of the molecule is C=C(C)COc1ccc(C=C2N=C(c3ccccc3F)OC2=O)cc1. The van der Waals surface area contributed by atoms with E-state index in [1.165, 1.54) is 12.1 Å². The van der Waals surface area contributed by atoms with Crippen LogP contribution in [0, 0.1) is 5.82 Å². The summed E-state index contributed by atoms with van der Waals surface area (Å²) in [5.41, 5.74) is 1.96. The van der Waals surface area contributed by atoms with Crippen molar-refractivity contribution in [1.82, 2.24) is 0 Å². The second kappa shape index (κ2) is 7.13. The maximum absolute atomic E-state index is 13.8. The molecule has 1 aliphatic heterocycles. The molecule has 4 nitrogen and oxygen atoms in total. The van der Waals surface area contributed by atoms with Gasteiger partial charge in [0.1, 0.15) is 18.2 Å². The summed E-state index contributed by atoms with van der Waals surface area (Å²) < 4.78 is 24.4. The lowest BCUT2D eigenvalue weighted by molar-refractivity contribution is -0.129. The highest BCUT2D eigenvalue weighted by molar-refractivity contribution is 6.12. The van der Waals surface area contributed by atoms with Crippen LogP contribution in [0.2, 0.25) is 0 Å². The molecule has 3 rings (SSSR count). The molecule has 0 saturated heterocycles. The first-order chi connectivity index (χ1) is 12.0. The molecule has 0 unspecified atom stereocenters. The summed E-state index contributed by atoms with van der Waals surface area (Å²) in [6, 6.07) is 13.2. The summed E-state index contributed by atoms with van der Waals surface area (Å²) >= 11 is 0. The number of cyclic esters (lactones) is 1. The van der Waals surface area contributed by atoms with E-state index in [1.807, 2.05) is 6.92 Å². The number of esters is 1. The Hall–Kier alpha value is -3.21. The van der Waals surface area contributed by atoms with E-state index in [9.17, 15) is 9.18 Å². The number of rotatable bonds is 5. The van der Waals surface area contributed by atoms with E-state index in [2.05, 4.69) is 11.6 Å². The van der Waals surface area contributed by atoms with E-state index in [4.69, 9.17) is 9.47 Å². The van der Waals surface area contributed by atoms with Gasteiger partial charge in [0.05, 0.1) is 5.56 Å². The van der Waals surface area contributed by atoms with Gasteiger partial charge in [-0.15, -0.1) is 0 Å². The van der Waals surface area contributed by atoms with Crippen molar-refractivity contribution in [3.05, 3.63) is 83.3 Å². The van der Waals surface area contributed by atoms with E-state index in [0.717, 1.165) is 11.1 Å². The zero-order valence-electron chi connectivity index (χ0n) is 13.7. The molecule has 0 aromatic heterocycles. The van der Waals surface area contributed by atoms with Crippen LogP contribution < -0.4 is 4.74 Å². The van der Waals surface area contributed by atoms with Gasteiger partial charge in [-0.3, -0.25) is 0 Å². The fourth-order valence-electron chi connectivity index (χ4n) is 2.18. The highest BCUT2D eigenvalue weighted by Gasteiger charge is 2.25. The standard InChI is InChI=1S/C20H16FNO3/c1-13(2)12-24-15-9-7-14(8-10-15)11-18-20(23)25-19(22-18)16-5-3-4-6-17(16)21/h3-11H,1,12H2,2H3. The van der Waals surface area contributed by atoms with Crippen LogP contribution in [0.3, 0.4) is 0 Å². The summed E-state index contributed by atoms with van der Waals surface area (Å²) in [7, 11) is 0. The van der Waals surface area contributed by atoms with Gasteiger partial charge < -0.3 is 9.47 Å². The maximum atomic E-state index is 13.8. The summed E-state index contributed by atoms with van der Waals surface area (Å²) in [6.45, 7) is 6.11. The zero-order chi connectivity index (χ0) is 17.8. The van der Waals surface area contributed by atoms with Crippen LogP contribution >= 0.6 is 0 Å². The van der Waals surface area contributed by atoms with Crippen molar-refractivity contribution in [3.8, 4) is 5.75 Å². The van der Waals surface area contributed by atoms with Crippen LogP contribution in [0.25, 0.3) is 6.08 Å². The van der Waals surface area contributed by atoms with Crippen LogP contribution in [0.5, 0.6) is 5.75 Å². The van der Waals surface area contributed by atoms with Gasteiger partial charge in [-0.2, -0.15) is 0 Å². The van der Waals surface area contributed by atoms with Gasteiger partial charge in [0.2, 0.25) is 5.90 Å². The molecule has 0 radical (unpaired) electrons. The second-order valence-electron chi connectivity index (χ2n) is 5.63. The zero-order valence-corrected chi connectivity index (χ0v) is 13.7. The summed E-state index contributed by atoms with van der Waals surface area (Å²) in [6.07, 6.45) is 1.58. The Kier molecular flexibility index (Phi) is 4.75. The molecule has 0 bridgehead atoms. The van der Waals surface area contributed by atoms with Crippen molar-refractivity contribution in [1.29, 1.82) is 0 Å². The molecule has 0 aliphatic carbocycles. The molecule has 0 spiro atoms. The first-order valence-electron chi connectivity index (χ1n) is 7.67. The van der Waals surface area contributed by atoms with Gasteiger partial charge >= 0.3 is 5.97 Å². The summed E-state index contributed by atoms with van der Waals surface area (Å²) in [4.78, 5) is 16.1. The molecule has 1 aliphatic rings. The molecular weight excluding hydrogens is 321 g/mol. The van der Waals surface area contributed by atoms with E-state index in [-0.39, 0.29) is 17.2 Å². The van der Waals surface area contributed by atoms with Gasteiger partial charge in [-0.25, -0.2) is 14.2 Å². The molecule has 25 heavy (non-hydrogen) atoms. The van der Waals surface area contributed by atoms with E-state index >= 15 is 0 Å². The average molecular weight is 337 g/mol. The number of nitrogens with zero attached hydrogens (tertiary/aromatic N) is 1. The van der Waals surface area contributed by atoms with Crippen LogP contribution in [-0.4, -0.2) is 18.5 Å². The first kappa shape index (κ1) is 16.6. The number of hydrogen-bond acceptors (Lipinski definition) is 4. The minimum atomic E-state index is -0.610. The van der Waals surface area contributed by atoms with Crippen molar-refractivity contribution >= 4 is 17.9 Å². The highest BCUT2D eigenvalue weighted by Crippen LogP contribution is 2.21. The monoisotopic (exact) mass is 337 g/mol. The number of ether oxygens (including phenoxy) is 2. The number of aliphatic imine (C=N–C) groups is 1. The molecule has 126 valence electrons. The molecule has 0 fully saturated rings. The minimum absolute atomic E-state index is 0.0317. The smallest absolute Gasteiger partial charge is 0.363 e. The summed E-state index contributed by atoms with van der Waals surface area (Å²) in [5, 5.41) is 0. The third kappa shape index (κ3) is 4.01. The van der Waals surface area contributed by atoms with Gasteiger partial charge in [0.15, 0.2) is 5.70 Å². The van der Waals surface area contributed by atoms with Crippen LogP contribution in [0.15, 0.2) is 71.4 Å². The lowest BCUT2D eigenvalue weighted by Crippen LogP contribution is -2.07. The number of carbonyl (C=O) groups is 1. The fraction of sp³-hybridized carbons (Fsp3) is 0.100. The Morgan fingerprint density at radius 3 is 2.64 bits per heavy atom. The minimum Gasteiger partial charge on any atom is -0.489 e.